The first-order valence-corrected chi connectivity index (χ1v) is 12.1. The van der Waals surface area contributed by atoms with Crippen LogP contribution in [0.5, 0.6) is 0 Å². The molecule has 1 aromatic carbocycles. The highest BCUT2D eigenvalue weighted by Crippen LogP contribution is 2.32. The molecule has 7 heteroatoms. The second-order valence-corrected chi connectivity index (χ2v) is 9.52. The van der Waals surface area contributed by atoms with Crippen LogP contribution in [0.15, 0.2) is 24.3 Å². The summed E-state index contributed by atoms with van der Waals surface area (Å²) in [7, 11) is 0. The SMILES string of the molecule is CC(=O)N1CCN(C(=O)[C@@H](C2CCCC2)N2CCN(C(=O)c3cccc(C)c3)CC2)CC1. The molecule has 2 heterocycles. The van der Waals surface area contributed by atoms with Crippen molar-refractivity contribution in [3.05, 3.63) is 35.4 Å². The Kier molecular flexibility index (Phi) is 7.13. The molecule has 3 fully saturated rings. The highest BCUT2D eigenvalue weighted by atomic mass is 16.2. The lowest BCUT2D eigenvalue weighted by Gasteiger charge is -2.44. The van der Waals surface area contributed by atoms with Gasteiger partial charge in [-0.05, 0) is 37.8 Å². The Morgan fingerprint density at radius 1 is 0.844 bits per heavy atom. The second-order valence-electron chi connectivity index (χ2n) is 9.52. The maximum absolute atomic E-state index is 13.6. The van der Waals surface area contributed by atoms with Gasteiger partial charge in [-0.2, -0.15) is 0 Å². The van der Waals surface area contributed by atoms with Crippen molar-refractivity contribution in [1.82, 2.24) is 19.6 Å². The molecule has 2 aliphatic heterocycles. The zero-order chi connectivity index (χ0) is 22.7. The van der Waals surface area contributed by atoms with Gasteiger partial charge in [-0.15, -0.1) is 0 Å². The van der Waals surface area contributed by atoms with Crippen molar-refractivity contribution in [3.63, 3.8) is 0 Å². The van der Waals surface area contributed by atoms with Crippen LogP contribution in [0.1, 0.15) is 48.5 Å². The average Bonchev–Trinajstić information content (AvgIpc) is 3.33. The Bertz CT molecular complexity index is 835. The van der Waals surface area contributed by atoms with Gasteiger partial charge in [-0.1, -0.05) is 30.5 Å². The number of hydrogen-bond donors (Lipinski definition) is 0. The molecular weight excluding hydrogens is 404 g/mol. The minimum atomic E-state index is -0.0994. The number of rotatable bonds is 4. The topological polar surface area (TPSA) is 64.2 Å². The summed E-state index contributed by atoms with van der Waals surface area (Å²) in [6, 6.07) is 7.66. The molecule has 4 rings (SSSR count). The first kappa shape index (κ1) is 22.8. The normalized spacial score (nSPS) is 21.6. The first-order valence-electron chi connectivity index (χ1n) is 12.1. The lowest BCUT2D eigenvalue weighted by atomic mass is 9.94. The number of carbonyl (C=O) groups excluding carboxylic acids is 3. The Hall–Kier alpha value is -2.41. The standard InChI is InChI=1S/C25H36N4O3/c1-19-6-5-9-22(18-19)24(31)28-16-12-27(13-17-28)23(21-7-3-4-8-21)25(32)29-14-10-26(11-15-29)20(2)30/h5-6,9,18,21,23H,3-4,7-8,10-17H2,1-2H3/t23-/m1/s1. The van der Waals surface area contributed by atoms with Crippen LogP contribution in [-0.2, 0) is 9.59 Å². The second kappa shape index (κ2) is 10.0. The van der Waals surface area contributed by atoms with Gasteiger partial charge in [0.15, 0.2) is 0 Å². The molecule has 3 aliphatic rings. The maximum Gasteiger partial charge on any atom is 0.253 e. The molecule has 1 saturated carbocycles. The summed E-state index contributed by atoms with van der Waals surface area (Å²) in [4.78, 5) is 46.3. The molecule has 1 atom stereocenters. The molecule has 2 saturated heterocycles. The molecule has 0 N–H and O–H groups in total. The average molecular weight is 441 g/mol. The van der Waals surface area contributed by atoms with E-state index in [0.717, 1.165) is 37.1 Å². The predicted molar refractivity (Wildman–Crippen MR) is 123 cm³/mol. The molecule has 7 nitrogen and oxygen atoms in total. The van der Waals surface area contributed by atoms with Crippen LogP contribution in [-0.4, -0.2) is 95.7 Å². The van der Waals surface area contributed by atoms with E-state index in [0.29, 0.717) is 45.2 Å². The van der Waals surface area contributed by atoms with Crippen molar-refractivity contribution < 1.29 is 14.4 Å². The summed E-state index contributed by atoms with van der Waals surface area (Å²) >= 11 is 0. The van der Waals surface area contributed by atoms with Crippen molar-refractivity contribution in [1.29, 1.82) is 0 Å². The van der Waals surface area contributed by atoms with E-state index >= 15 is 0 Å². The number of hydrogen-bond acceptors (Lipinski definition) is 4. The van der Waals surface area contributed by atoms with Gasteiger partial charge < -0.3 is 14.7 Å². The van der Waals surface area contributed by atoms with Gasteiger partial charge in [-0.25, -0.2) is 0 Å². The summed E-state index contributed by atoms with van der Waals surface area (Å²) in [5, 5.41) is 0. The van der Waals surface area contributed by atoms with Crippen LogP contribution in [0, 0.1) is 12.8 Å². The lowest BCUT2D eigenvalue weighted by Crippen LogP contribution is -2.60. The summed E-state index contributed by atoms with van der Waals surface area (Å²) in [6.07, 6.45) is 4.59. The highest BCUT2D eigenvalue weighted by molar-refractivity contribution is 5.94. The summed E-state index contributed by atoms with van der Waals surface area (Å²) in [5.74, 6) is 0.780. The van der Waals surface area contributed by atoms with Gasteiger partial charge >= 0.3 is 0 Å². The fourth-order valence-corrected chi connectivity index (χ4v) is 5.52. The van der Waals surface area contributed by atoms with Gasteiger partial charge in [0.25, 0.3) is 5.91 Å². The van der Waals surface area contributed by atoms with E-state index < -0.39 is 0 Å². The van der Waals surface area contributed by atoms with Crippen LogP contribution < -0.4 is 0 Å². The van der Waals surface area contributed by atoms with Gasteiger partial charge in [0.1, 0.15) is 0 Å². The molecule has 0 bridgehead atoms. The summed E-state index contributed by atoms with van der Waals surface area (Å²) in [5.41, 5.74) is 1.83. The quantitative estimate of drug-likeness (QED) is 0.719. The predicted octanol–water partition coefficient (Wildman–Crippen LogP) is 2.00. The van der Waals surface area contributed by atoms with E-state index in [1.807, 2.05) is 45.9 Å². The monoisotopic (exact) mass is 440 g/mol. The van der Waals surface area contributed by atoms with E-state index in [2.05, 4.69) is 4.90 Å². The molecule has 1 aromatic rings. The van der Waals surface area contributed by atoms with E-state index in [9.17, 15) is 14.4 Å². The van der Waals surface area contributed by atoms with Crippen molar-refractivity contribution >= 4 is 17.7 Å². The maximum atomic E-state index is 13.6. The van der Waals surface area contributed by atoms with E-state index in [-0.39, 0.29) is 23.8 Å². The Morgan fingerprint density at radius 2 is 1.44 bits per heavy atom. The fraction of sp³-hybridized carbons (Fsp3) is 0.640. The number of carbonyl (C=O) groups is 3. The third kappa shape index (κ3) is 4.98. The summed E-state index contributed by atoms with van der Waals surface area (Å²) < 4.78 is 0. The number of amides is 3. The highest BCUT2D eigenvalue weighted by Gasteiger charge is 2.40. The third-order valence-corrected chi connectivity index (χ3v) is 7.40. The van der Waals surface area contributed by atoms with E-state index in [1.54, 1.807) is 6.92 Å². The molecule has 3 amide bonds. The number of nitrogens with zero attached hydrogens (tertiary/aromatic N) is 4. The molecule has 32 heavy (non-hydrogen) atoms. The molecule has 1 aliphatic carbocycles. The van der Waals surface area contributed by atoms with E-state index in [1.165, 1.54) is 12.8 Å². The zero-order valence-electron chi connectivity index (χ0n) is 19.5. The zero-order valence-corrected chi connectivity index (χ0v) is 19.5. The van der Waals surface area contributed by atoms with Gasteiger partial charge in [0, 0.05) is 64.8 Å². The van der Waals surface area contributed by atoms with Crippen molar-refractivity contribution in [2.75, 3.05) is 52.4 Å². The van der Waals surface area contributed by atoms with Crippen molar-refractivity contribution in [3.8, 4) is 0 Å². The molecule has 0 spiro atoms. The van der Waals surface area contributed by atoms with Crippen molar-refractivity contribution in [2.24, 2.45) is 5.92 Å². The van der Waals surface area contributed by atoms with Crippen LogP contribution >= 0.6 is 0 Å². The van der Waals surface area contributed by atoms with Gasteiger partial charge in [0.05, 0.1) is 6.04 Å². The Balaban J connectivity index is 1.40. The number of aryl methyl sites for hydroxylation is 1. The number of benzene rings is 1. The van der Waals surface area contributed by atoms with Crippen LogP contribution in [0.25, 0.3) is 0 Å². The molecular formula is C25H36N4O3. The molecule has 0 aromatic heterocycles. The minimum absolute atomic E-state index is 0.0810. The van der Waals surface area contributed by atoms with Gasteiger partial charge in [0.2, 0.25) is 11.8 Å². The lowest BCUT2D eigenvalue weighted by molar-refractivity contribution is -0.144. The smallest absolute Gasteiger partial charge is 0.253 e. The largest absolute Gasteiger partial charge is 0.339 e. The first-order chi connectivity index (χ1) is 15.4. The minimum Gasteiger partial charge on any atom is -0.339 e. The van der Waals surface area contributed by atoms with Crippen LogP contribution in [0.3, 0.4) is 0 Å². The van der Waals surface area contributed by atoms with Gasteiger partial charge in [-0.3, -0.25) is 19.3 Å². The molecule has 0 radical (unpaired) electrons. The summed E-state index contributed by atoms with van der Waals surface area (Å²) in [6.45, 7) is 8.85. The van der Waals surface area contributed by atoms with E-state index in [4.69, 9.17) is 0 Å². The fourth-order valence-electron chi connectivity index (χ4n) is 5.52. The van der Waals surface area contributed by atoms with Crippen molar-refractivity contribution in [2.45, 2.75) is 45.6 Å². The Labute approximate surface area is 191 Å². The van der Waals surface area contributed by atoms with Crippen LogP contribution in [0.4, 0.5) is 0 Å². The number of piperazine rings is 2. The van der Waals surface area contributed by atoms with Crippen LogP contribution in [0.2, 0.25) is 0 Å². The Morgan fingerprint density at radius 3 is 2.03 bits per heavy atom. The molecule has 0 unspecified atom stereocenters. The molecule has 174 valence electrons. The third-order valence-electron chi connectivity index (χ3n) is 7.40.